The summed E-state index contributed by atoms with van der Waals surface area (Å²) < 4.78 is 45.4. The Morgan fingerprint density at radius 2 is 1.84 bits per heavy atom. The number of aryl methyl sites for hydroxylation is 1. The highest BCUT2D eigenvalue weighted by atomic mass is 19.4. The van der Waals surface area contributed by atoms with Gasteiger partial charge in [-0.3, -0.25) is 14.8 Å². The Bertz CT molecular complexity index is 1090. The summed E-state index contributed by atoms with van der Waals surface area (Å²) in [5.74, 6) is -0.295. The van der Waals surface area contributed by atoms with Crippen molar-refractivity contribution in [1.82, 2.24) is 19.5 Å². The molecule has 2 aromatic heterocycles. The van der Waals surface area contributed by atoms with Crippen LogP contribution in [-0.2, 0) is 6.18 Å². The number of ether oxygens (including phenoxy) is 1. The maximum atomic E-state index is 13.2. The van der Waals surface area contributed by atoms with Crippen molar-refractivity contribution in [3.05, 3.63) is 56.6 Å². The van der Waals surface area contributed by atoms with Crippen LogP contribution in [0.2, 0.25) is 0 Å². The molecular weight excluding hydrogens is 341 g/mol. The second-order valence-electron chi connectivity index (χ2n) is 5.13. The molecule has 0 spiro atoms. The van der Waals surface area contributed by atoms with Gasteiger partial charge in [-0.15, -0.1) is 0 Å². The number of alkyl halides is 3. The van der Waals surface area contributed by atoms with Crippen molar-refractivity contribution >= 4 is 10.9 Å². The van der Waals surface area contributed by atoms with E-state index in [4.69, 9.17) is 4.74 Å². The van der Waals surface area contributed by atoms with Crippen LogP contribution in [0, 0.1) is 6.92 Å². The van der Waals surface area contributed by atoms with Gasteiger partial charge in [0.05, 0.1) is 23.9 Å². The summed E-state index contributed by atoms with van der Waals surface area (Å²) in [7, 11) is 1.14. The first-order valence-electron chi connectivity index (χ1n) is 6.96. The van der Waals surface area contributed by atoms with E-state index >= 15 is 0 Å². The predicted molar refractivity (Wildman–Crippen MR) is 82.0 cm³/mol. The molecule has 1 aromatic carbocycles. The molecule has 0 saturated carbocycles. The average molecular weight is 352 g/mol. The fourth-order valence-corrected chi connectivity index (χ4v) is 2.48. The summed E-state index contributed by atoms with van der Waals surface area (Å²) in [6.45, 7) is 1.54. The van der Waals surface area contributed by atoms with Gasteiger partial charge in [-0.25, -0.2) is 14.3 Å². The summed E-state index contributed by atoms with van der Waals surface area (Å²) in [6, 6.07) is 1.42. The monoisotopic (exact) mass is 352 g/mol. The van der Waals surface area contributed by atoms with Gasteiger partial charge in [0.2, 0.25) is 0 Å². The SMILES string of the molecule is COc1cc(C(F)(F)F)cc2c1c(=O)[nH]c(=O)n2-c1nccnc1C. The Kier molecular flexibility index (Phi) is 3.82. The molecule has 7 nitrogen and oxygen atoms in total. The minimum atomic E-state index is -4.69. The molecule has 0 aliphatic rings. The van der Waals surface area contributed by atoms with E-state index in [0.29, 0.717) is 17.8 Å². The van der Waals surface area contributed by atoms with Crippen LogP contribution in [0.15, 0.2) is 34.1 Å². The third-order valence-corrected chi connectivity index (χ3v) is 3.59. The van der Waals surface area contributed by atoms with E-state index in [1.165, 1.54) is 19.3 Å². The fraction of sp³-hybridized carbons (Fsp3) is 0.200. The van der Waals surface area contributed by atoms with Crippen LogP contribution in [0.5, 0.6) is 5.75 Å². The molecule has 3 aromatic rings. The summed E-state index contributed by atoms with van der Waals surface area (Å²) in [6.07, 6.45) is -2.03. The van der Waals surface area contributed by atoms with Gasteiger partial charge in [-0.1, -0.05) is 0 Å². The van der Waals surface area contributed by atoms with Crippen LogP contribution >= 0.6 is 0 Å². The third-order valence-electron chi connectivity index (χ3n) is 3.59. The van der Waals surface area contributed by atoms with Crippen molar-refractivity contribution in [2.75, 3.05) is 7.11 Å². The Morgan fingerprint density at radius 3 is 2.44 bits per heavy atom. The minimum Gasteiger partial charge on any atom is -0.496 e. The van der Waals surface area contributed by atoms with Crippen molar-refractivity contribution in [1.29, 1.82) is 0 Å². The summed E-state index contributed by atoms with van der Waals surface area (Å²) in [5, 5.41) is -0.194. The molecule has 0 radical (unpaired) electrons. The second-order valence-corrected chi connectivity index (χ2v) is 5.13. The summed E-state index contributed by atoms with van der Waals surface area (Å²) in [5.41, 5.74) is -2.82. The number of fused-ring (bicyclic) bond motifs is 1. The molecule has 2 heterocycles. The molecule has 0 aliphatic heterocycles. The van der Waals surface area contributed by atoms with Gasteiger partial charge < -0.3 is 4.74 Å². The molecule has 0 atom stereocenters. The van der Waals surface area contributed by atoms with Gasteiger partial charge in [0.1, 0.15) is 11.1 Å². The van der Waals surface area contributed by atoms with Gasteiger partial charge in [-0.2, -0.15) is 13.2 Å². The van der Waals surface area contributed by atoms with E-state index in [2.05, 4.69) is 15.0 Å². The Hall–Kier alpha value is -3.17. The molecule has 0 bridgehead atoms. The van der Waals surface area contributed by atoms with Crippen molar-refractivity contribution in [3.8, 4) is 11.6 Å². The van der Waals surface area contributed by atoms with Gasteiger partial charge in [0, 0.05) is 12.4 Å². The Labute approximate surface area is 137 Å². The highest BCUT2D eigenvalue weighted by Crippen LogP contribution is 2.35. The molecule has 0 unspecified atom stereocenters. The van der Waals surface area contributed by atoms with Crippen LogP contribution in [0.25, 0.3) is 16.7 Å². The lowest BCUT2D eigenvalue weighted by Crippen LogP contribution is -2.31. The first-order chi connectivity index (χ1) is 11.7. The standard InChI is InChI=1S/C15H11F3N4O3/c1-7-12(20-4-3-19-7)22-9-5-8(15(16,17)18)6-10(25-2)11(9)13(23)21-14(22)24/h3-6H,1-2H3,(H,21,23,24). The summed E-state index contributed by atoms with van der Waals surface area (Å²) >= 11 is 0. The second kappa shape index (κ2) is 5.72. The molecule has 1 N–H and O–H groups in total. The largest absolute Gasteiger partial charge is 0.496 e. The number of hydrogen-bond acceptors (Lipinski definition) is 5. The normalized spacial score (nSPS) is 11.7. The lowest BCUT2D eigenvalue weighted by atomic mass is 10.1. The van der Waals surface area contributed by atoms with Crippen molar-refractivity contribution in [3.63, 3.8) is 0 Å². The molecule has 130 valence electrons. The first kappa shape index (κ1) is 16.7. The third kappa shape index (κ3) is 2.75. The lowest BCUT2D eigenvalue weighted by molar-refractivity contribution is -0.137. The molecule has 3 rings (SSSR count). The van der Waals surface area contributed by atoms with E-state index in [9.17, 15) is 22.8 Å². The molecule has 0 aliphatic carbocycles. The number of aromatic amines is 1. The Balaban J connectivity index is 2.56. The predicted octanol–water partition coefficient (Wildman–Crippen LogP) is 1.80. The number of nitrogens with zero attached hydrogens (tertiary/aromatic N) is 3. The van der Waals surface area contributed by atoms with E-state index in [1.54, 1.807) is 0 Å². The van der Waals surface area contributed by atoms with Crippen molar-refractivity contribution in [2.24, 2.45) is 0 Å². The Morgan fingerprint density at radius 1 is 1.16 bits per heavy atom. The van der Waals surface area contributed by atoms with Crippen LogP contribution in [0.1, 0.15) is 11.3 Å². The maximum Gasteiger partial charge on any atom is 0.416 e. The van der Waals surface area contributed by atoms with Gasteiger partial charge in [0.25, 0.3) is 5.56 Å². The lowest BCUT2D eigenvalue weighted by Gasteiger charge is -2.15. The molecule has 0 saturated heterocycles. The first-order valence-corrected chi connectivity index (χ1v) is 6.96. The zero-order valence-electron chi connectivity index (χ0n) is 13.0. The van der Waals surface area contributed by atoms with E-state index < -0.39 is 23.0 Å². The van der Waals surface area contributed by atoms with Crippen LogP contribution in [-0.4, -0.2) is 26.6 Å². The number of nitrogens with one attached hydrogen (secondary N) is 1. The smallest absolute Gasteiger partial charge is 0.416 e. The zero-order chi connectivity index (χ0) is 18.4. The number of methoxy groups -OCH3 is 1. The van der Waals surface area contributed by atoms with Crippen LogP contribution < -0.4 is 16.0 Å². The van der Waals surface area contributed by atoms with E-state index in [0.717, 1.165) is 11.7 Å². The highest BCUT2D eigenvalue weighted by Gasteiger charge is 2.33. The van der Waals surface area contributed by atoms with Crippen LogP contribution in [0.4, 0.5) is 13.2 Å². The topological polar surface area (TPSA) is 89.9 Å². The van der Waals surface area contributed by atoms with Gasteiger partial charge in [0.15, 0.2) is 5.82 Å². The highest BCUT2D eigenvalue weighted by molar-refractivity contribution is 5.86. The number of benzene rings is 1. The summed E-state index contributed by atoms with van der Waals surface area (Å²) in [4.78, 5) is 34.5. The van der Waals surface area contributed by atoms with E-state index in [1.807, 2.05) is 0 Å². The molecule has 0 fully saturated rings. The average Bonchev–Trinajstić information content (AvgIpc) is 2.54. The zero-order valence-corrected chi connectivity index (χ0v) is 13.0. The minimum absolute atomic E-state index is 0.00938. The number of aromatic nitrogens is 4. The molecule has 10 heteroatoms. The molecule has 0 amide bonds. The van der Waals surface area contributed by atoms with Crippen molar-refractivity contribution < 1.29 is 17.9 Å². The molecular formula is C15H11F3N4O3. The number of H-pyrrole nitrogens is 1. The van der Waals surface area contributed by atoms with Gasteiger partial charge >= 0.3 is 11.9 Å². The number of halogens is 3. The molecule has 25 heavy (non-hydrogen) atoms. The van der Waals surface area contributed by atoms with Crippen molar-refractivity contribution in [2.45, 2.75) is 13.1 Å². The van der Waals surface area contributed by atoms with Crippen LogP contribution in [0.3, 0.4) is 0 Å². The number of rotatable bonds is 2. The fourth-order valence-electron chi connectivity index (χ4n) is 2.48. The quantitative estimate of drug-likeness (QED) is 0.760. The van der Waals surface area contributed by atoms with E-state index in [-0.39, 0.29) is 22.5 Å². The maximum absolute atomic E-state index is 13.2. The van der Waals surface area contributed by atoms with Gasteiger partial charge in [-0.05, 0) is 19.1 Å². The number of hydrogen-bond donors (Lipinski definition) is 1.